The highest BCUT2D eigenvalue weighted by Crippen LogP contribution is 2.21. The zero-order chi connectivity index (χ0) is 15.4. The van der Waals surface area contributed by atoms with Crippen molar-refractivity contribution in [2.24, 2.45) is 5.84 Å². The molecule has 0 atom stereocenters. The fraction of sp³-hybridized carbons (Fsp3) is 0.375. The highest BCUT2D eigenvalue weighted by atomic mass is 79.9. The summed E-state index contributed by atoms with van der Waals surface area (Å²) in [6, 6.07) is 1.33. The Bertz CT molecular complexity index is 676. The maximum absolute atomic E-state index is 12.0. The SMILES string of the molecule is CS(=O)(=O)NCCNS(=O)(=O)c1cc(Br)cnc1NN. The smallest absolute Gasteiger partial charge is 0.244 e. The van der Waals surface area contributed by atoms with Gasteiger partial charge in [-0.3, -0.25) is 0 Å². The molecule has 0 saturated heterocycles. The van der Waals surface area contributed by atoms with E-state index in [0.29, 0.717) is 4.47 Å². The van der Waals surface area contributed by atoms with Crippen molar-refractivity contribution >= 4 is 41.8 Å². The minimum absolute atomic E-state index is 0.0169. The van der Waals surface area contributed by atoms with Crippen molar-refractivity contribution < 1.29 is 16.8 Å². The highest BCUT2D eigenvalue weighted by Gasteiger charge is 2.19. The summed E-state index contributed by atoms with van der Waals surface area (Å²) in [6.45, 7) is -0.170. The van der Waals surface area contributed by atoms with Gasteiger partial charge in [0.05, 0.1) is 6.26 Å². The van der Waals surface area contributed by atoms with Crippen LogP contribution in [-0.4, -0.2) is 41.2 Å². The van der Waals surface area contributed by atoms with Gasteiger partial charge in [-0.2, -0.15) is 0 Å². The van der Waals surface area contributed by atoms with Crippen LogP contribution in [0.5, 0.6) is 0 Å². The maximum atomic E-state index is 12.0. The summed E-state index contributed by atoms with van der Waals surface area (Å²) in [5, 5.41) is 0. The Morgan fingerprint density at radius 1 is 1.25 bits per heavy atom. The van der Waals surface area contributed by atoms with Crippen LogP contribution in [0.25, 0.3) is 0 Å². The topological polar surface area (TPSA) is 143 Å². The van der Waals surface area contributed by atoms with Crippen LogP contribution in [0.3, 0.4) is 0 Å². The number of hydrogen-bond acceptors (Lipinski definition) is 7. The number of pyridine rings is 1. The predicted molar refractivity (Wildman–Crippen MR) is 77.8 cm³/mol. The lowest BCUT2D eigenvalue weighted by Crippen LogP contribution is -2.34. The first-order valence-corrected chi connectivity index (χ1v) is 9.39. The van der Waals surface area contributed by atoms with E-state index in [-0.39, 0.29) is 23.8 Å². The van der Waals surface area contributed by atoms with E-state index in [1.165, 1.54) is 12.3 Å². The Balaban J connectivity index is 2.81. The van der Waals surface area contributed by atoms with Gasteiger partial charge in [0.15, 0.2) is 5.82 Å². The first kappa shape index (κ1) is 17.3. The van der Waals surface area contributed by atoms with Gasteiger partial charge < -0.3 is 5.43 Å². The van der Waals surface area contributed by atoms with Gasteiger partial charge >= 0.3 is 0 Å². The average Bonchev–Trinajstić information content (AvgIpc) is 2.33. The summed E-state index contributed by atoms with van der Waals surface area (Å²) in [6.07, 6.45) is 2.37. The summed E-state index contributed by atoms with van der Waals surface area (Å²) in [7, 11) is -7.23. The second kappa shape index (κ2) is 6.78. The molecule has 1 aromatic heterocycles. The molecule has 20 heavy (non-hydrogen) atoms. The number of nitrogens with one attached hydrogen (secondary N) is 3. The number of nitrogens with two attached hydrogens (primary N) is 1. The van der Waals surface area contributed by atoms with Crippen LogP contribution in [-0.2, 0) is 20.0 Å². The molecule has 0 amide bonds. The molecular weight excluding hydrogens is 374 g/mol. The third kappa shape index (κ3) is 5.30. The van der Waals surface area contributed by atoms with E-state index < -0.39 is 20.0 Å². The minimum atomic E-state index is -3.86. The number of hydrazine groups is 1. The molecule has 0 bridgehead atoms. The van der Waals surface area contributed by atoms with E-state index in [0.717, 1.165) is 6.26 Å². The number of hydrogen-bond donors (Lipinski definition) is 4. The fourth-order valence-electron chi connectivity index (χ4n) is 1.23. The molecule has 0 radical (unpaired) electrons. The molecule has 9 nitrogen and oxygen atoms in total. The first-order valence-electron chi connectivity index (χ1n) is 5.22. The largest absolute Gasteiger partial charge is 0.307 e. The van der Waals surface area contributed by atoms with Crippen LogP contribution in [0.15, 0.2) is 21.6 Å². The number of anilines is 1. The summed E-state index contributed by atoms with van der Waals surface area (Å²) in [5.74, 6) is 5.18. The van der Waals surface area contributed by atoms with E-state index in [1.54, 1.807) is 0 Å². The maximum Gasteiger partial charge on any atom is 0.244 e. The molecule has 1 heterocycles. The molecule has 0 fully saturated rings. The molecule has 0 aliphatic heterocycles. The first-order chi connectivity index (χ1) is 9.15. The molecule has 0 aliphatic rings. The van der Waals surface area contributed by atoms with Gasteiger partial charge in [0.1, 0.15) is 4.90 Å². The average molecular weight is 388 g/mol. The van der Waals surface area contributed by atoms with Crippen molar-refractivity contribution in [3.05, 3.63) is 16.7 Å². The molecule has 0 spiro atoms. The van der Waals surface area contributed by atoms with Crippen LogP contribution in [0.2, 0.25) is 0 Å². The monoisotopic (exact) mass is 387 g/mol. The van der Waals surface area contributed by atoms with Gasteiger partial charge in [-0.05, 0) is 22.0 Å². The molecule has 0 aromatic carbocycles. The number of aromatic nitrogens is 1. The molecule has 0 aliphatic carbocycles. The Kier molecular flexibility index (Phi) is 5.85. The Labute approximate surface area is 125 Å². The molecular formula is C8H14BrN5O4S2. The second-order valence-corrected chi connectivity index (χ2v) is 8.19. The van der Waals surface area contributed by atoms with Gasteiger partial charge in [0.25, 0.3) is 0 Å². The lowest BCUT2D eigenvalue weighted by atomic mass is 10.5. The molecule has 1 rings (SSSR count). The number of sulfonamides is 2. The van der Waals surface area contributed by atoms with E-state index >= 15 is 0 Å². The van der Waals surface area contributed by atoms with Crippen molar-refractivity contribution in [2.45, 2.75) is 4.90 Å². The molecule has 12 heteroatoms. The van der Waals surface area contributed by atoms with Crippen molar-refractivity contribution in [3.63, 3.8) is 0 Å². The van der Waals surface area contributed by atoms with Gasteiger partial charge in [0.2, 0.25) is 20.0 Å². The molecule has 0 unspecified atom stereocenters. The van der Waals surface area contributed by atoms with Crippen molar-refractivity contribution in [2.75, 3.05) is 24.8 Å². The second-order valence-electron chi connectivity index (χ2n) is 3.71. The van der Waals surface area contributed by atoms with Crippen LogP contribution >= 0.6 is 15.9 Å². The Morgan fingerprint density at radius 2 is 1.85 bits per heavy atom. The van der Waals surface area contributed by atoms with Crippen LogP contribution < -0.4 is 20.7 Å². The van der Waals surface area contributed by atoms with Crippen LogP contribution in [0, 0.1) is 0 Å². The lowest BCUT2D eigenvalue weighted by molar-refractivity contribution is 0.573. The third-order valence-corrected chi connectivity index (χ3v) is 4.66. The van der Waals surface area contributed by atoms with Crippen LogP contribution in [0.1, 0.15) is 0 Å². The molecule has 5 N–H and O–H groups in total. The summed E-state index contributed by atoms with van der Waals surface area (Å²) >= 11 is 3.11. The molecule has 1 aromatic rings. The fourth-order valence-corrected chi connectivity index (χ4v) is 3.36. The zero-order valence-corrected chi connectivity index (χ0v) is 13.6. The zero-order valence-electron chi connectivity index (χ0n) is 10.4. The lowest BCUT2D eigenvalue weighted by Gasteiger charge is -2.10. The van der Waals surface area contributed by atoms with Crippen molar-refractivity contribution in [1.29, 1.82) is 0 Å². The number of rotatable bonds is 7. The van der Waals surface area contributed by atoms with Crippen LogP contribution in [0.4, 0.5) is 5.82 Å². The summed E-state index contributed by atoms with van der Waals surface area (Å²) in [5.41, 5.74) is 2.18. The predicted octanol–water partition coefficient (Wildman–Crippen LogP) is -1.04. The summed E-state index contributed by atoms with van der Waals surface area (Å²) < 4.78 is 50.6. The van der Waals surface area contributed by atoms with Crippen molar-refractivity contribution in [1.82, 2.24) is 14.4 Å². The Hall–Kier alpha value is -0.790. The van der Waals surface area contributed by atoms with E-state index in [4.69, 9.17) is 5.84 Å². The van der Waals surface area contributed by atoms with E-state index in [2.05, 4.69) is 35.8 Å². The van der Waals surface area contributed by atoms with E-state index in [1.807, 2.05) is 0 Å². The number of halogens is 1. The summed E-state index contributed by atoms with van der Waals surface area (Å²) in [4.78, 5) is 3.67. The molecule has 114 valence electrons. The Morgan fingerprint density at radius 3 is 2.40 bits per heavy atom. The van der Waals surface area contributed by atoms with Crippen molar-refractivity contribution in [3.8, 4) is 0 Å². The number of nitrogen functional groups attached to an aromatic ring is 1. The van der Waals surface area contributed by atoms with Gasteiger partial charge in [-0.1, -0.05) is 0 Å². The standard InChI is InChI=1S/C8H14BrN5O4S2/c1-19(15,16)12-2-3-13-20(17,18)7-4-6(9)5-11-8(7)14-10/h4-5,12-13H,2-3,10H2,1H3,(H,11,14). The van der Waals surface area contributed by atoms with Gasteiger partial charge in [0, 0.05) is 23.8 Å². The van der Waals surface area contributed by atoms with Gasteiger partial charge in [-0.15, -0.1) is 0 Å². The third-order valence-electron chi connectivity index (χ3n) is 2.03. The molecule has 0 saturated carbocycles. The minimum Gasteiger partial charge on any atom is -0.307 e. The quantitative estimate of drug-likeness (QED) is 0.265. The highest BCUT2D eigenvalue weighted by molar-refractivity contribution is 9.10. The number of nitrogens with zero attached hydrogens (tertiary/aromatic N) is 1. The van der Waals surface area contributed by atoms with E-state index in [9.17, 15) is 16.8 Å². The normalized spacial score (nSPS) is 12.3. The van der Waals surface area contributed by atoms with Gasteiger partial charge in [-0.25, -0.2) is 37.1 Å².